The molecule has 0 spiro atoms. The average molecular weight is 411 g/mol. The summed E-state index contributed by atoms with van der Waals surface area (Å²) in [6, 6.07) is 9.15. The van der Waals surface area contributed by atoms with Crippen molar-refractivity contribution in [2.45, 2.75) is 32.5 Å². The lowest BCUT2D eigenvalue weighted by Crippen LogP contribution is -2.24. The van der Waals surface area contributed by atoms with Crippen LogP contribution in [0.5, 0.6) is 17.2 Å². The van der Waals surface area contributed by atoms with E-state index in [1.165, 1.54) is 12.1 Å². The molecule has 1 aliphatic heterocycles. The quantitative estimate of drug-likeness (QED) is 0.667. The number of halogens is 1. The van der Waals surface area contributed by atoms with Crippen molar-refractivity contribution in [2.24, 2.45) is 7.05 Å². The molecule has 2 N–H and O–H groups in total. The van der Waals surface area contributed by atoms with Gasteiger partial charge in [0.05, 0.1) is 6.61 Å². The van der Waals surface area contributed by atoms with Crippen molar-refractivity contribution in [1.29, 1.82) is 0 Å². The van der Waals surface area contributed by atoms with E-state index in [1.54, 1.807) is 42.2 Å². The molecule has 0 aliphatic carbocycles. The van der Waals surface area contributed by atoms with E-state index < -0.39 is 11.4 Å². The van der Waals surface area contributed by atoms with Gasteiger partial charge in [-0.15, -0.1) is 0 Å². The Morgan fingerprint density at radius 1 is 1.30 bits per heavy atom. The maximum absolute atomic E-state index is 14.4. The normalized spacial score (nSPS) is 14.2. The summed E-state index contributed by atoms with van der Waals surface area (Å²) in [6.07, 6.45) is 2.27. The van der Waals surface area contributed by atoms with Crippen LogP contribution in [0.25, 0.3) is 0 Å². The van der Waals surface area contributed by atoms with Gasteiger partial charge < -0.3 is 19.9 Å². The van der Waals surface area contributed by atoms with Gasteiger partial charge in [-0.05, 0) is 43.7 Å². The third kappa shape index (κ3) is 3.99. The second-order valence-electron chi connectivity index (χ2n) is 7.84. The Kier molecular flexibility index (Phi) is 4.95. The van der Waals surface area contributed by atoms with Gasteiger partial charge in [0.1, 0.15) is 17.1 Å². The van der Waals surface area contributed by atoms with Gasteiger partial charge in [0, 0.05) is 36.9 Å². The van der Waals surface area contributed by atoms with Gasteiger partial charge >= 0.3 is 0 Å². The minimum atomic E-state index is -0.600. The molecule has 0 saturated carbocycles. The van der Waals surface area contributed by atoms with Crippen LogP contribution in [0.4, 0.5) is 10.2 Å². The molecule has 4 rings (SSSR count). The van der Waals surface area contributed by atoms with Gasteiger partial charge in [-0.1, -0.05) is 6.07 Å². The molecule has 3 aromatic rings. The number of rotatable bonds is 5. The van der Waals surface area contributed by atoms with Crippen molar-refractivity contribution in [1.82, 2.24) is 9.78 Å². The zero-order valence-corrected chi connectivity index (χ0v) is 16.9. The number of ether oxygens (including phenoxy) is 2. The molecular formula is C22H22FN3O4. The predicted molar refractivity (Wildman–Crippen MR) is 108 cm³/mol. The summed E-state index contributed by atoms with van der Waals surface area (Å²) in [6.45, 7) is 3.60. The number of hydrogen-bond acceptors (Lipinski definition) is 5. The van der Waals surface area contributed by atoms with Crippen molar-refractivity contribution >= 4 is 11.7 Å². The van der Waals surface area contributed by atoms with Crippen LogP contribution in [-0.2, 0) is 20.1 Å². The van der Waals surface area contributed by atoms with E-state index in [2.05, 4.69) is 10.4 Å². The van der Waals surface area contributed by atoms with Gasteiger partial charge in [-0.3, -0.25) is 9.48 Å². The molecule has 1 amide bonds. The zero-order chi connectivity index (χ0) is 21.5. The molecular weight excluding hydrogens is 389 g/mol. The number of nitrogens with one attached hydrogen (secondary N) is 1. The molecule has 1 aromatic heterocycles. The van der Waals surface area contributed by atoms with E-state index in [1.807, 2.05) is 13.8 Å². The first-order chi connectivity index (χ1) is 14.2. The van der Waals surface area contributed by atoms with Gasteiger partial charge in [-0.25, -0.2) is 4.39 Å². The van der Waals surface area contributed by atoms with Crippen LogP contribution in [-0.4, -0.2) is 26.4 Å². The first kappa shape index (κ1) is 19.9. The van der Waals surface area contributed by atoms with E-state index in [4.69, 9.17) is 9.47 Å². The van der Waals surface area contributed by atoms with Crippen LogP contribution in [0.3, 0.4) is 0 Å². The van der Waals surface area contributed by atoms with Gasteiger partial charge in [0.2, 0.25) is 0 Å². The minimum Gasteiger partial charge on any atom is -0.487 e. The Labute approximate surface area is 173 Å². The molecule has 2 aromatic carbocycles. The monoisotopic (exact) mass is 411 g/mol. The maximum atomic E-state index is 14.4. The lowest BCUT2D eigenvalue weighted by atomic mass is 9.99. The Hall–Kier alpha value is -3.39. The van der Waals surface area contributed by atoms with Crippen molar-refractivity contribution in [3.63, 3.8) is 0 Å². The number of amides is 1. The highest BCUT2D eigenvalue weighted by Crippen LogP contribution is 2.43. The number of aryl methyl sites for hydroxylation is 1. The fraction of sp³-hybridized carbons (Fsp3) is 0.273. The van der Waals surface area contributed by atoms with Gasteiger partial charge in [-0.2, -0.15) is 5.10 Å². The molecule has 0 saturated heterocycles. The van der Waals surface area contributed by atoms with Crippen molar-refractivity contribution < 1.29 is 23.8 Å². The smallest absolute Gasteiger partial charge is 0.257 e. The van der Waals surface area contributed by atoms with Crippen LogP contribution < -0.4 is 14.8 Å². The number of benzene rings is 2. The third-order valence-corrected chi connectivity index (χ3v) is 4.77. The van der Waals surface area contributed by atoms with Crippen molar-refractivity contribution in [3.8, 4) is 17.2 Å². The zero-order valence-electron chi connectivity index (χ0n) is 16.9. The van der Waals surface area contributed by atoms with Crippen LogP contribution in [0.15, 0.2) is 42.6 Å². The second kappa shape index (κ2) is 7.46. The van der Waals surface area contributed by atoms with Gasteiger partial charge in [0.25, 0.3) is 5.91 Å². The summed E-state index contributed by atoms with van der Waals surface area (Å²) in [5.41, 5.74) is 1.04. The standard InChI is InChI=1S/C22H22FN3O4/c1-22(2)11-15-18(29-17-5-4-13(12-27)8-16(17)23)9-14(10-19(15)30-22)21(28)24-20-6-7-26(3)25-20/h4-10,27H,11-12H2,1-3H3,(H,24,25,28). The highest BCUT2D eigenvalue weighted by atomic mass is 19.1. The number of anilines is 1. The van der Waals surface area contributed by atoms with Crippen LogP contribution in [0, 0.1) is 5.82 Å². The number of carbonyl (C=O) groups is 1. The molecule has 0 radical (unpaired) electrons. The highest BCUT2D eigenvalue weighted by molar-refractivity contribution is 6.04. The van der Waals surface area contributed by atoms with Crippen molar-refractivity contribution in [3.05, 3.63) is 65.1 Å². The van der Waals surface area contributed by atoms with E-state index in [0.29, 0.717) is 34.9 Å². The number of carbonyl (C=O) groups excluding carboxylic acids is 1. The van der Waals surface area contributed by atoms with Crippen LogP contribution in [0.1, 0.15) is 35.3 Å². The summed E-state index contributed by atoms with van der Waals surface area (Å²) >= 11 is 0. The van der Waals surface area contributed by atoms with Crippen molar-refractivity contribution in [2.75, 3.05) is 5.32 Å². The van der Waals surface area contributed by atoms with E-state index >= 15 is 0 Å². The molecule has 7 nitrogen and oxygen atoms in total. The molecule has 0 unspecified atom stereocenters. The number of fused-ring (bicyclic) bond motifs is 1. The van der Waals surface area contributed by atoms with Gasteiger partial charge in [0.15, 0.2) is 17.4 Å². The molecule has 156 valence electrons. The molecule has 30 heavy (non-hydrogen) atoms. The number of nitrogens with zero attached hydrogens (tertiary/aromatic N) is 2. The lowest BCUT2D eigenvalue weighted by Gasteiger charge is -2.16. The van der Waals surface area contributed by atoms with E-state index in [9.17, 15) is 14.3 Å². The highest BCUT2D eigenvalue weighted by Gasteiger charge is 2.34. The number of aliphatic hydroxyl groups excluding tert-OH is 1. The Bertz CT molecular complexity index is 1120. The maximum Gasteiger partial charge on any atom is 0.257 e. The first-order valence-corrected chi connectivity index (χ1v) is 9.48. The number of hydrogen-bond donors (Lipinski definition) is 2. The lowest BCUT2D eigenvalue weighted by molar-refractivity contribution is 0.102. The topological polar surface area (TPSA) is 85.6 Å². The molecule has 0 fully saturated rings. The first-order valence-electron chi connectivity index (χ1n) is 9.48. The van der Waals surface area contributed by atoms with Crippen LogP contribution in [0.2, 0.25) is 0 Å². The summed E-state index contributed by atoms with van der Waals surface area (Å²) in [7, 11) is 1.75. The van der Waals surface area contributed by atoms with E-state index in [0.717, 1.165) is 5.56 Å². The Morgan fingerprint density at radius 3 is 2.77 bits per heavy atom. The summed E-state index contributed by atoms with van der Waals surface area (Å²) < 4.78 is 27.8. The molecule has 0 bridgehead atoms. The SMILES string of the molecule is Cn1ccc(NC(=O)c2cc(Oc3ccc(CO)cc3F)c3c(c2)OC(C)(C)C3)n1. The Morgan fingerprint density at radius 2 is 2.10 bits per heavy atom. The average Bonchev–Trinajstić information content (AvgIpc) is 3.23. The minimum absolute atomic E-state index is 0.00129. The molecule has 8 heteroatoms. The summed E-state index contributed by atoms with van der Waals surface area (Å²) in [5.74, 6) is 0.303. The molecule has 0 atom stereocenters. The third-order valence-electron chi connectivity index (χ3n) is 4.77. The van der Waals surface area contributed by atoms with Crippen LogP contribution >= 0.6 is 0 Å². The summed E-state index contributed by atoms with van der Waals surface area (Å²) in [4.78, 5) is 12.8. The number of aromatic nitrogens is 2. The number of aliphatic hydroxyl groups is 1. The second-order valence-corrected chi connectivity index (χ2v) is 7.84. The fourth-order valence-corrected chi connectivity index (χ4v) is 3.38. The van der Waals surface area contributed by atoms with E-state index in [-0.39, 0.29) is 18.3 Å². The largest absolute Gasteiger partial charge is 0.487 e. The molecule has 1 aliphatic rings. The Balaban J connectivity index is 1.69. The fourth-order valence-electron chi connectivity index (χ4n) is 3.38. The predicted octanol–water partition coefficient (Wildman–Crippen LogP) is 3.81. The molecule has 2 heterocycles. The summed E-state index contributed by atoms with van der Waals surface area (Å²) in [5, 5.41) is 16.0.